The molecule has 11 heavy (non-hydrogen) atoms. The van der Waals surface area contributed by atoms with Crippen LogP contribution in [0.2, 0.25) is 0 Å². The monoisotopic (exact) mass is 159 g/mol. The van der Waals surface area contributed by atoms with Gasteiger partial charge in [0.15, 0.2) is 0 Å². The van der Waals surface area contributed by atoms with E-state index in [0.717, 1.165) is 12.8 Å². The zero-order valence-corrected chi connectivity index (χ0v) is 6.41. The van der Waals surface area contributed by atoms with Crippen LogP contribution in [0.4, 0.5) is 4.79 Å². The lowest BCUT2D eigenvalue weighted by atomic mass is 10.3. The summed E-state index contributed by atoms with van der Waals surface area (Å²) in [4.78, 5) is 10.0. The molecule has 0 aromatic heterocycles. The third-order valence-corrected chi connectivity index (χ3v) is 1.02. The fraction of sp³-hybridized carbons (Fsp3) is 0.571. The summed E-state index contributed by atoms with van der Waals surface area (Å²) in [6.07, 6.45) is 2.25. The van der Waals surface area contributed by atoms with E-state index in [1.807, 2.05) is 0 Å². The van der Waals surface area contributed by atoms with Gasteiger partial charge in [0, 0.05) is 0 Å². The highest BCUT2D eigenvalue weighted by molar-refractivity contribution is 5.64. The van der Waals surface area contributed by atoms with Gasteiger partial charge in [-0.25, -0.2) is 4.79 Å². The molecule has 2 N–H and O–H groups in total. The van der Waals surface area contributed by atoms with Crippen molar-refractivity contribution in [3.8, 4) is 0 Å². The zero-order chi connectivity index (χ0) is 8.53. The van der Waals surface area contributed by atoms with E-state index in [0.29, 0.717) is 13.2 Å². The van der Waals surface area contributed by atoms with E-state index in [9.17, 15) is 4.79 Å². The molecule has 0 aromatic carbocycles. The van der Waals surface area contributed by atoms with Crippen LogP contribution in [0.5, 0.6) is 0 Å². The molecule has 0 aliphatic carbocycles. The van der Waals surface area contributed by atoms with Gasteiger partial charge < -0.3 is 15.2 Å². The van der Waals surface area contributed by atoms with Crippen molar-refractivity contribution in [2.75, 3.05) is 13.2 Å². The molecule has 0 fully saturated rings. The van der Waals surface area contributed by atoms with Crippen molar-refractivity contribution in [1.29, 1.82) is 0 Å². The Balaban J connectivity index is 2.90. The molecule has 0 aliphatic heterocycles. The van der Waals surface area contributed by atoms with Crippen LogP contribution in [0.15, 0.2) is 12.8 Å². The summed E-state index contributed by atoms with van der Waals surface area (Å²) in [5, 5.41) is 0. The Labute approximate surface area is 66.0 Å². The summed E-state index contributed by atoms with van der Waals surface area (Å²) in [5.74, 6) is 0. The van der Waals surface area contributed by atoms with Crippen LogP contribution in [0, 0.1) is 0 Å². The summed E-state index contributed by atoms with van der Waals surface area (Å²) >= 11 is 0. The van der Waals surface area contributed by atoms with Crippen LogP contribution < -0.4 is 5.73 Å². The van der Waals surface area contributed by atoms with Gasteiger partial charge in [-0.15, -0.1) is 0 Å². The Morgan fingerprint density at radius 1 is 1.45 bits per heavy atom. The first-order chi connectivity index (χ1) is 5.27. The molecule has 0 unspecified atom stereocenters. The maximum absolute atomic E-state index is 10.0. The van der Waals surface area contributed by atoms with Gasteiger partial charge in [-0.05, 0) is 12.8 Å². The number of rotatable bonds is 6. The number of nitrogens with two attached hydrogens (primary N) is 1. The molecular formula is C7H13NO3. The molecule has 0 rings (SSSR count). The second-order valence-electron chi connectivity index (χ2n) is 1.91. The molecule has 4 heteroatoms. The summed E-state index contributed by atoms with van der Waals surface area (Å²) in [6, 6.07) is 0. The van der Waals surface area contributed by atoms with E-state index < -0.39 is 6.09 Å². The molecule has 64 valence electrons. The average Bonchev–Trinajstić information content (AvgIpc) is 1.96. The molecule has 0 bridgehead atoms. The van der Waals surface area contributed by atoms with Gasteiger partial charge in [-0.2, -0.15) is 0 Å². The summed E-state index contributed by atoms with van der Waals surface area (Å²) in [5.41, 5.74) is 4.72. The van der Waals surface area contributed by atoms with E-state index >= 15 is 0 Å². The van der Waals surface area contributed by atoms with Gasteiger partial charge in [0.1, 0.15) is 0 Å². The van der Waals surface area contributed by atoms with E-state index in [1.165, 1.54) is 6.26 Å². The normalized spacial score (nSPS) is 8.73. The first-order valence-electron chi connectivity index (χ1n) is 3.42. The highest BCUT2D eigenvalue weighted by Crippen LogP contribution is 1.90. The molecule has 0 atom stereocenters. The van der Waals surface area contributed by atoms with Gasteiger partial charge in [0.2, 0.25) is 0 Å². The Hall–Kier alpha value is -1.19. The van der Waals surface area contributed by atoms with E-state index in [-0.39, 0.29) is 0 Å². The molecule has 0 saturated heterocycles. The molecule has 1 amide bonds. The highest BCUT2D eigenvalue weighted by atomic mass is 16.5. The van der Waals surface area contributed by atoms with Crippen molar-refractivity contribution >= 4 is 6.09 Å². The molecular weight excluding hydrogens is 146 g/mol. The topological polar surface area (TPSA) is 61.6 Å². The van der Waals surface area contributed by atoms with Gasteiger partial charge in [0.25, 0.3) is 0 Å². The minimum absolute atomic E-state index is 0.357. The lowest BCUT2D eigenvalue weighted by molar-refractivity contribution is 0.149. The Bertz CT molecular complexity index is 125. The third kappa shape index (κ3) is 8.81. The second-order valence-corrected chi connectivity index (χ2v) is 1.91. The first kappa shape index (κ1) is 9.81. The Kier molecular flexibility index (Phi) is 6.17. The van der Waals surface area contributed by atoms with E-state index in [2.05, 4.69) is 11.3 Å². The fourth-order valence-electron chi connectivity index (χ4n) is 0.544. The molecule has 0 saturated carbocycles. The second kappa shape index (κ2) is 6.92. The number of hydrogen-bond acceptors (Lipinski definition) is 3. The van der Waals surface area contributed by atoms with Gasteiger partial charge in [-0.3, -0.25) is 0 Å². The highest BCUT2D eigenvalue weighted by Gasteiger charge is 1.92. The maximum Gasteiger partial charge on any atom is 0.404 e. The number of ether oxygens (including phenoxy) is 2. The fourth-order valence-corrected chi connectivity index (χ4v) is 0.544. The lowest BCUT2D eigenvalue weighted by Crippen LogP contribution is -2.13. The summed E-state index contributed by atoms with van der Waals surface area (Å²) in [7, 11) is 0. The van der Waals surface area contributed by atoms with Gasteiger partial charge in [0.05, 0.1) is 19.5 Å². The largest absolute Gasteiger partial charge is 0.502 e. The molecule has 4 nitrogen and oxygen atoms in total. The number of carbonyl (C=O) groups excluding carboxylic acids is 1. The molecule has 0 spiro atoms. The van der Waals surface area contributed by atoms with Crippen LogP contribution in [-0.4, -0.2) is 19.3 Å². The molecule has 0 aliphatic rings. The Morgan fingerprint density at radius 3 is 2.64 bits per heavy atom. The van der Waals surface area contributed by atoms with E-state index in [1.54, 1.807) is 0 Å². The predicted octanol–water partition coefficient (Wildman–Crippen LogP) is 1.02. The SMILES string of the molecule is C=COCCCCOC(N)=O. The molecule has 0 heterocycles. The Morgan fingerprint density at radius 2 is 2.09 bits per heavy atom. The quantitative estimate of drug-likeness (QED) is 0.465. The average molecular weight is 159 g/mol. The summed E-state index contributed by atoms with van der Waals surface area (Å²) < 4.78 is 9.31. The van der Waals surface area contributed by atoms with Crippen molar-refractivity contribution in [3.05, 3.63) is 12.8 Å². The molecule has 0 aromatic rings. The van der Waals surface area contributed by atoms with Crippen molar-refractivity contribution < 1.29 is 14.3 Å². The zero-order valence-electron chi connectivity index (χ0n) is 6.41. The number of hydrogen-bond donors (Lipinski definition) is 1. The van der Waals surface area contributed by atoms with E-state index in [4.69, 9.17) is 10.5 Å². The van der Waals surface area contributed by atoms with Crippen LogP contribution in [-0.2, 0) is 9.47 Å². The van der Waals surface area contributed by atoms with Gasteiger partial charge >= 0.3 is 6.09 Å². The van der Waals surface area contributed by atoms with Gasteiger partial charge in [-0.1, -0.05) is 6.58 Å². The number of amides is 1. The van der Waals surface area contributed by atoms with Crippen molar-refractivity contribution in [3.63, 3.8) is 0 Å². The minimum Gasteiger partial charge on any atom is -0.502 e. The van der Waals surface area contributed by atoms with Crippen LogP contribution in [0.1, 0.15) is 12.8 Å². The third-order valence-electron chi connectivity index (χ3n) is 1.02. The maximum atomic E-state index is 10.0. The number of primary amides is 1. The van der Waals surface area contributed by atoms with Crippen LogP contribution in [0.25, 0.3) is 0 Å². The van der Waals surface area contributed by atoms with Crippen molar-refractivity contribution in [1.82, 2.24) is 0 Å². The predicted molar refractivity (Wildman–Crippen MR) is 40.9 cm³/mol. The standard InChI is InChI=1S/C7H13NO3/c1-2-10-5-3-4-6-11-7(8)9/h2H,1,3-6H2,(H2,8,9). The van der Waals surface area contributed by atoms with Crippen molar-refractivity contribution in [2.24, 2.45) is 5.73 Å². The smallest absolute Gasteiger partial charge is 0.404 e. The lowest BCUT2D eigenvalue weighted by Gasteiger charge is -2.00. The first-order valence-corrected chi connectivity index (χ1v) is 3.42. The number of unbranched alkanes of at least 4 members (excludes halogenated alkanes) is 1. The summed E-state index contributed by atoms with van der Waals surface area (Å²) in [6.45, 7) is 4.34. The number of carbonyl (C=O) groups is 1. The molecule has 0 radical (unpaired) electrons. The minimum atomic E-state index is -0.727. The van der Waals surface area contributed by atoms with Crippen LogP contribution >= 0.6 is 0 Å². The van der Waals surface area contributed by atoms with Crippen LogP contribution in [0.3, 0.4) is 0 Å². The van der Waals surface area contributed by atoms with Crippen molar-refractivity contribution in [2.45, 2.75) is 12.8 Å².